The third-order valence-electron chi connectivity index (χ3n) is 5.31. The minimum absolute atomic E-state index is 0.0958. The molecule has 0 radical (unpaired) electrons. The monoisotopic (exact) mass is 616 g/mol. The van der Waals surface area contributed by atoms with Crippen LogP contribution >= 0.6 is 31.9 Å². The number of rotatable bonds is 7. The third-order valence-corrected chi connectivity index (χ3v) is 8.01. The van der Waals surface area contributed by atoms with Crippen molar-refractivity contribution in [3.8, 4) is 5.75 Å². The van der Waals surface area contributed by atoms with E-state index in [2.05, 4.69) is 41.9 Å². The number of amides is 1. The molecule has 4 rings (SSSR count). The zero-order valence-electron chi connectivity index (χ0n) is 18.9. The summed E-state index contributed by atoms with van der Waals surface area (Å²) in [6.07, 6.45) is 0. The van der Waals surface area contributed by atoms with Crippen molar-refractivity contribution in [3.05, 3.63) is 92.9 Å². The summed E-state index contributed by atoms with van der Waals surface area (Å²) in [5.74, 6) is 0.186. The van der Waals surface area contributed by atoms with Crippen LogP contribution in [0.15, 0.2) is 86.6 Å². The number of nitrogens with one attached hydrogen (secondary N) is 2. The molecule has 4 aromatic carbocycles. The molecule has 6 nitrogen and oxygen atoms in total. The van der Waals surface area contributed by atoms with Crippen LogP contribution in [0.1, 0.15) is 11.1 Å². The lowest BCUT2D eigenvalue weighted by Gasteiger charge is -2.12. The number of aryl methyl sites for hydroxylation is 2. The normalized spacial score (nSPS) is 11.3. The third kappa shape index (κ3) is 6.04. The van der Waals surface area contributed by atoms with Crippen LogP contribution < -0.4 is 14.8 Å². The number of halogens is 2. The van der Waals surface area contributed by atoms with Crippen molar-refractivity contribution in [1.82, 2.24) is 0 Å². The Balaban J connectivity index is 1.38. The predicted molar refractivity (Wildman–Crippen MR) is 147 cm³/mol. The molecule has 0 unspecified atom stereocenters. The standard InChI is InChI=1S/C26H22Br2N2O4S/c1-16-3-11-23(17(2)13-16)30-35(32,33)21-8-6-20(7-9-21)29-25(31)15-34-24-12-4-18-14-19(27)5-10-22(18)26(24)28/h3-14,30H,15H2,1-2H3,(H,29,31). The average molecular weight is 618 g/mol. The zero-order chi connectivity index (χ0) is 25.2. The molecule has 0 aliphatic heterocycles. The molecule has 0 heterocycles. The summed E-state index contributed by atoms with van der Waals surface area (Å²) >= 11 is 7.00. The Kier molecular flexibility index (Phi) is 7.49. The molecule has 0 aromatic heterocycles. The average Bonchev–Trinajstić information content (AvgIpc) is 2.81. The van der Waals surface area contributed by atoms with Crippen molar-refractivity contribution in [2.45, 2.75) is 18.7 Å². The van der Waals surface area contributed by atoms with Gasteiger partial charge in [0.2, 0.25) is 0 Å². The zero-order valence-corrected chi connectivity index (χ0v) is 22.9. The van der Waals surface area contributed by atoms with Crippen molar-refractivity contribution in [3.63, 3.8) is 0 Å². The SMILES string of the molecule is Cc1ccc(NS(=O)(=O)c2ccc(NC(=O)COc3ccc4cc(Br)ccc4c3Br)cc2)c(C)c1. The number of ether oxygens (including phenoxy) is 1. The van der Waals surface area contributed by atoms with E-state index in [9.17, 15) is 13.2 Å². The maximum atomic E-state index is 12.7. The van der Waals surface area contributed by atoms with Crippen LogP contribution in [-0.4, -0.2) is 20.9 Å². The molecule has 4 aromatic rings. The Morgan fingerprint density at radius 1 is 0.914 bits per heavy atom. The molecule has 9 heteroatoms. The van der Waals surface area contributed by atoms with E-state index in [4.69, 9.17) is 4.74 Å². The highest BCUT2D eigenvalue weighted by Crippen LogP contribution is 2.34. The molecule has 0 saturated heterocycles. The van der Waals surface area contributed by atoms with E-state index in [0.29, 0.717) is 17.1 Å². The van der Waals surface area contributed by atoms with Gasteiger partial charge in [-0.3, -0.25) is 9.52 Å². The highest BCUT2D eigenvalue weighted by molar-refractivity contribution is 9.11. The number of anilines is 2. The first kappa shape index (κ1) is 25.2. The summed E-state index contributed by atoms with van der Waals surface area (Å²) in [4.78, 5) is 12.5. The van der Waals surface area contributed by atoms with Gasteiger partial charge in [0, 0.05) is 10.2 Å². The summed E-state index contributed by atoms with van der Waals surface area (Å²) in [5, 5.41) is 4.72. The number of fused-ring (bicyclic) bond motifs is 1. The van der Waals surface area contributed by atoms with Gasteiger partial charge >= 0.3 is 0 Å². The van der Waals surface area contributed by atoms with E-state index < -0.39 is 10.0 Å². The van der Waals surface area contributed by atoms with E-state index in [0.717, 1.165) is 30.8 Å². The smallest absolute Gasteiger partial charge is 0.262 e. The minimum Gasteiger partial charge on any atom is -0.483 e. The number of hydrogen-bond acceptors (Lipinski definition) is 4. The summed E-state index contributed by atoms with van der Waals surface area (Å²) in [7, 11) is -3.76. The molecule has 35 heavy (non-hydrogen) atoms. The number of hydrogen-bond donors (Lipinski definition) is 2. The second-order valence-electron chi connectivity index (χ2n) is 8.03. The van der Waals surface area contributed by atoms with Crippen LogP contribution in [0.2, 0.25) is 0 Å². The molecular weight excluding hydrogens is 596 g/mol. The Morgan fingerprint density at radius 2 is 1.66 bits per heavy atom. The van der Waals surface area contributed by atoms with E-state index in [1.165, 1.54) is 24.3 Å². The maximum absolute atomic E-state index is 12.7. The van der Waals surface area contributed by atoms with Gasteiger partial charge < -0.3 is 10.1 Å². The van der Waals surface area contributed by atoms with Gasteiger partial charge in [-0.25, -0.2) is 8.42 Å². The van der Waals surface area contributed by atoms with Gasteiger partial charge in [-0.1, -0.05) is 45.8 Å². The van der Waals surface area contributed by atoms with Crippen LogP contribution in [0.5, 0.6) is 5.75 Å². The highest BCUT2D eigenvalue weighted by atomic mass is 79.9. The van der Waals surface area contributed by atoms with Gasteiger partial charge in [0.1, 0.15) is 5.75 Å². The fourth-order valence-electron chi connectivity index (χ4n) is 3.54. The molecule has 0 aliphatic rings. The van der Waals surface area contributed by atoms with Crippen molar-refractivity contribution >= 4 is 69.9 Å². The second kappa shape index (κ2) is 10.4. The quantitative estimate of drug-likeness (QED) is 0.239. The fraction of sp³-hybridized carbons (Fsp3) is 0.115. The second-order valence-corrected chi connectivity index (χ2v) is 11.4. The van der Waals surface area contributed by atoms with Crippen LogP contribution in [0.25, 0.3) is 10.8 Å². The lowest BCUT2D eigenvalue weighted by Crippen LogP contribution is -2.20. The largest absolute Gasteiger partial charge is 0.483 e. The van der Waals surface area contributed by atoms with Crippen molar-refractivity contribution in [2.24, 2.45) is 0 Å². The minimum atomic E-state index is -3.76. The molecule has 0 fully saturated rings. The molecule has 0 atom stereocenters. The molecule has 2 N–H and O–H groups in total. The Morgan fingerprint density at radius 3 is 2.37 bits per heavy atom. The van der Waals surface area contributed by atoms with Gasteiger partial charge in [0.25, 0.3) is 15.9 Å². The van der Waals surface area contributed by atoms with Crippen molar-refractivity contribution in [2.75, 3.05) is 16.6 Å². The Bertz CT molecular complexity index is 1520. The van der Waals surface area contributed by atoms with Crippen LogP contribution in [-0.2, 0) is 14.8 Å². The van der Waals surface area contributed by atoms with Crippen LogP contribution in [0, 0.1) is 13.8 Å². The van der Waals surface area contributed by atoms with E-state index >= 15 is 0 Å². The summed E-state index contributed by atoms with van der Waals surface area (Å²) in [6.45, 7) is 3.60. The molecule has 0 saturated carbocycles. The first-order valence-electron chi connectivity index (χ1n) is 10.6. The molecule has 1 amide bonds. The summed E-state index contributed by atoms with van der Waals surface area (Å²) in [6, 6.07) is 21.1. The molecule has 180 valence electrons. The number of sulfonamides is 1. The molecule has 0 bridgehead atoms. The van der Waals surface area contributed by atoms with E-state index in [1.807, 2.05) is 50.2 Å². The van der Waals surface area contributed by atoms with Crippen LogP contribution in [0.3, 0.4) is 0 Å². The first-order chi connectivity index (χ1) is 16.6. The lowest BCUT2D eigenvalue weighted by atomic mass is 10.1. The van der Waals surface area contributed by atoms with Gasteiger partial charge in [-0.15, -0.1) is 0 Å². The van der Waals surface area contributed by atoms with Crippen molar-refractivity contribution < 1.29 is 17.9 Å². The molecule has 0 spiro atoms. The number of carbonyl (C=O) groups excluding carboxylic acids is 1. The maximum Gasteiger partial charge on any atom is 0.262 e. The molecular formula is C26H22Br2N2O4S. The van der Waals surface area contributed by atoms with Gasteiger partial charge in [-0.05, 0) is 94.6 Å². The highest BCUT2D eigenvalue weighted by Gasteiger charge is 2.16. The number of benzene rings is 4. The molecule has 0 aliphatic carbocycles. The van der Waals surface area contributed by atoms with E-state index in [1.54, 1.807) is 12.1 Å². The first-order valence-corrected chi connectivity index (χ1v) is 13.7. The van der Waals surface area contributed by atoms with Crippen molar-refractivity contribution in [1.29, 1.82) is 0 Å². The number of carbonyl (C=O) groups is 1. The van der Waals surface area contributed by atoms with Gasteiger partial charge in [0.15, 0.2) is 6.61 Å². The fourth-order valence-corrected chi connectivity index (χ4v) is 5.66. The summed E-state index contributed by atoms with van der Waals surface area (Å²) in [5.41, 5.74) is 2.88. The summed E-state index contributed by atoms with van der Waals surface area (Å²) < 4.78 is 35.5. The van der Waals surface area contributed by atoms with Gasteiger partial charge in [-0.2, -0.15) is 0 Å². The Hall–Kier alpha value is -2.88. The lowest BCUT2D eigenvalue weighted by molar-refractivity contribution is -0.118. The predicted octanol–water partition coefficient (Wildman–Crippen LogP) is 6.80. The van der Waals surface area contributed by atoms with Gasteiger partial charge in [0.05, 0.1) is 15.1 Å². The topological polar surface area (TPSA) is 84.5 Å². The van der Waals surface area contributed by atoms with Crippen LogP contribution in [0.4, 0.5) is 11.4 Å². The Labute approximate surface area is 221 Å². The van der Waals surface area contributed by atoms with E-state index in [-0.39, 0.29) is 17.4 Å².